The molecule has 200 valence electrons. The third-order valence-electron chi connectivity index (χ3n) is 5.94. The van der Waals surface area contributed by atoms with Gasteiger partial charge in [0.2, 0.25) is 0 Å². The maximum Gasteiger partial charge on any atom is 0.295 e. The van der Waals surface area contributed by atoms with E-state index in [1.165, 1.54) is 31.3 Å². The highest BCUT2D eigenvalue weighted by atomic mass is 35.5. The average Bonchev–Trinajstić information content (AvgIpc) is 3.13. The molecule has 0 radical (unpaired) electrons. The fraction of sp³-hybridized carbons (Fsp3) is 0.407. The molecular formula is C27H33ClN2O7. The highest BCUT2D eigenvalue weighted by molar-refractivity contribution is 6.46. The van der Waals surface area contributed by atoms with Crippen molar-refractivity contribution >= 4 is 29.1 Å². The number of aliphatic hydroxyl groups excluding tert-OH is 1. The normalized spacial score (nSPS) is 16.9. The van der Waals surface area contributed by atoms with Gasteiger partial charge in [0.1, 0.15) is 17.3 Å². The number of benzene rings is 2. The number of nitrogens with zero attached hydrogens (tertiary/aromatic N) is 2. The molecule has 1 amide bonds. The summed E-state index contributed by atoms with van der Waals surface area (Å²) in [6, 6.07) is 7.32. The molecule has 0 bridgehead atoms. The van der Waals surface area contributed by atoms with E-state index >= 15 is 0 Å². The first-order valence-corrected chi connectivity index (χ1v) is 12.3. The fourth-order valence-electron chi connectivity index (χ4n) is 4.19. The molecule has 10 heteroatoms. The lowest BCUT2D eigenvalue weighted by molar-refractivity contribution is -0.140. The summed E-state index contributed by atoms with van der Waals surface area (Å²) in [7, 11) is 6.61. The summed E-state index contributed by atoms with van der Waals surface area (Å²) in [4.78, 5) is 30.0. The maximum atomic E-state index is 13.4. The van der Waals surface area contributed by atoms with E-state index in [0.717, 1.165) is 0 Å². The molecule has 1 unspecified atom stereocenters. The first kappa shape index (κ1) is 28.1. The lowest BCUT2D eigenvalue weighted by Gasteiger charge is -2.27. The van der Waals surface area contributed by atoms with Gasteiger partial charge in [0, 0.05) is 19.2 Å². The number of carbonyl (C=O) groups excluding carboxylic acids is 2. The zero-order valence-corrected chi connectivity index (χ0v) is 22.7. The van der Waals surface area contributed by atoms with Crippen LogP contribution in [0.25, 0.3) is 5.76 Å². The molecule has 1 aliphatic heterocycles. The molecule has 1 fully saturated rings. The molecule has 0 spiro atoms. The quantitative estimate of drug-likeness (QED) is 0.262. The van der Waals surface area contributed by atoms with E-state index in [0.29, 0.717) is 36.8 Å². The van der Waals surface area contributed by atoms with Crippen LogP contribution in [0.1, 0.15) is 31.0 Å². The molecule has 37 heavy (non-hydrogen) atoms. The Bertz CT molecular complexity index is 1200. The molecule has 1 saturated heterocycles. The third-order valence-corrected chi connectivity index (χ3v) is 6.24. The van der Waals surface area contributed by atoms with Gasteiger partial charge in [-0.25, -0.2) is 0 Å². The van der Waals surface area contributed by atoms with Crippen LogP contribution in [0.3, 0.4) is 0 Å². The number of aliphatic hydroxyl groups is 1. The number of amides is 1. The average molecular weight is 533 g/mol. The van der Waals surface area contributed by atoms with Gasteiger partial charge in [-0.15, -0.1) is 0 Å². The number of hydrogen-bond donors (Lipinski definition) is 1. The number of carbonyl (C=O) groups is 2. The minimum Gasteiger partial charge on any atom is -0.507 e. The number of Topliss-reactive ketones (excluding diaryl/α,β-unsaturated/α-hetero) is 1. The topological polar surface area (TPSA) is 97.8 Å². The predicted molar refractivity (Wildman–Crippen MR) is 141 cm³/mol. The van der Waals surface area contributed by atoms with Crippen LogP contribution in [-0.2, 0) is 9.59 Å². The zero-order valence-electron chi connectivity index (χ0n) is 22.0. The highest BCUT2D eigenvalue weighted by Crippen LogP contribution is 2.44. The van der Waals surface area contributed by atoms with Crippen molar-refractivity contribution < 1.29 is 33.6 Å². The van der Waals surface area contributed by atoms with Crippen molar-refractivity contribution in [1.29, 1.82) is 0 Å². The van der Waals surface area contributed by atoms with Crippen LogP contribution >= 0.6 is 11.6 Å². The van der Waals surface area contributed by atoms with Gasteiger partial charge in [-0.1, -0.05) is 17.7 Å². The largest absolute Gasteiger partial charge is 0.507 e. The number of halogens is 1. The van der Waals surface area contributed by atoms with Crippen LogP contribution in [0.15, 0.2) is 35.9 Å². The summed E-state index contributed by atoms with van der Waals surface area (Å²) < 4.78 is 22.2. The summed E-state index contributed by atoms with van der Waals surface area (Å²) in [5.74, 6) is -0.378. The first-order chi connectivity index (χ1) is 17.7. The van der Waals surface area contributed by atoms with E-state index < -0.39 is 23.5 Å². The monoisotopic (exact) mass is 532 g/mol. The molecule has 1 heterocycles. The maximum absolute atomic E-state index is 13.4. The van der Waals surface area contributed by atoms with Crippen LogP contribution in [0, 0.1) is 0 Å². The van der Waals surface area contributed by atoms with Gasteiger partial charge in [-0.3, -0.25) is 9.59 Å². The minimum absolute atomic E-state index is 0.0713. The molecule has 9 nitrogen and oxygen atoms in total. The van der Waals surface area contributed by atoms with Gasteiger partial charge in [-0.05, 0) is 51.7 Å². The van der Waals surface area contributed by atoms with Crippen LogP contribution < -0.4 is 18.9 Å². The van der Waals surface area contributed by atoms with E-state index in [-0.39, 0.29) is 34.2 Å². The number of ether oxygens (including phenoxy) is 4. The van der Waals surface area contributed by atoms with E-state index in [1.807, 2.05) is 32.8 Å². The molecule has 0 saturated carbocycles. The first-order valence-electron chi connectivity index (χ1n) is 11.9. The van der Waals surface area contributed by atoms with Crippen molar-refractivity contribution in [3.8, 4) is 23.0 Å². The Morgan fingerprint density at radius 2 is 1.62 bits per heavy atom. The van der Waals surface area contributed by atoms with Crippen molar-refractivity contribution in [3.05, 3.63) is 52.1 Å². The van der Waals surface area contributed by atoms with Crippen molar-refractivity contribution in [2.45, 2.75) is 19.9 Å². The Balaban J connectivity index is 2.27. The Labute approximate surface area is 222 Å². The third kappa shape index (κ3) is 5.78. The van der Waals surface area contributed by atoms with Crippen LogP contribution in [0.2, 0.25) is 5.02 Å². The molecule has 0 aromatic heterocycles. The summed E-state index contributed by atoms with van der Waals surface area (Å²) in [5.41, 5.74) is 0.694. The fourth-order valence-corrected chi connectivity index (χ4v) is 4.42. The second kappa shape index (κ2) is 12.2. The summed E-state index contributed by atoms with van der Waals surface area (Å²) in [6.07, 6.45) is 0. The van der Waals surface area contributed by atoms with Gasteiger partial charge < -0.3 is 33.9 Å². The summed E-state index contributed by atoms with van der Waals surface area (Å²) >= 11 is 6.24. The molecule has 1 N–H and O–H groups in total. The molecule has 2 aromatic carbocycles. The molecule has 2 aromatic rings. The number of likely N-dealkylation sites (N-methyl/N-ethyl adjacent to an activating group) is 1. The second-order valence-corrected chi connectivity index (χ2v) is 8.96. The van der Waals surface area contributed by atoms with Crippen LogP contribution in [0.4, 0.5) is 0 Å². The summed E-state index contributed by atoms with van der Waals surface area (Å²) in [5, 5.41) is 11.8. The standard InChI is InChI=1S/C27H33ClN2O7/c1-7-36-19-10-9-16(13-22(19)37-8-2)24-23(26(32)27(33)30(24)12-11-29(3)4)25(31)17-14-21(35-6)18(28)15-20(17)34-5/h9-10,13-15,24,31H,7-8,11-12H2,1-6H3/b25-23+. The number of methoxy groups -OCH3 is 2. The number of rotatable bonds is 11. The van der Waals surface area contributed by atoms with E-state index in [4.69, 9.17) is 30.5 Å². The Morgan fingerprint density at radius 3 is 2.22 bits per heavy atom. The van der Waals surface area contributed by atoms with Gasteiger partial charge >= 0.3 is 0 Å². The van der Waals surface area contributed by atoms with Crippen molar-refractivity contribution in [2.24, 2.45) is 0 Å². The van der Waals surface area contributed by atoms with Crippen molar-refractivity contribution in [2.75, 3.05) is 54.6 Å². The molecular weight excluding hydrogens is 500 g/mol. The molecule has 1 atom stereocenters. The van der Waals surface area contributed by atoms with Crippen LogP contribution in [0.5, 0.6) is 23.0 Å². The van der Waals surface area contributed by atoms with E-state index in [2.05, 4.69) is 0 Å². The number of hydrogen-bond acceptors (Lipinski definition) is 8. The minimum atomic E-state index is -0.874. The summed E-state index contributed by atoms with van der Waals surface area (Å²) in [6.45, 7) is 5.33. The Kier molecular flexibility index (Phi) is 9.29. The van der Waals surface area contributed by atoms with Gasteiger partial charge in [-0.2, -0.15) is 0 Å². The van der Waals surface area contributed by atoms with E-state index in [1.54, 1.807) is 18.2 Å². The lowest BCUT2D eigenvalue weighted by atomic mass is 9.94. The van der Waals surface area contributed by atoms with Gasteiger partial charge in [0.05, 0.1) is 49.6 Å². The smallest absolute Gasteiger partial charge is 0.295 e. The van der Waals surface area contributed by atoms with Crippen LogP contribution in [-0.4, -0.2) is 81.2 Å². The molecule has 0 aliphatic carbocycles. The Morgan fingerprint density at radius 1 is 0.973 bits per heavy atom. The predicted octanol–water partition coefficient (Wildman–Crippen LogP) is 4.14. The van der Waals surface area contributed by atoms with Crippen molar-refractivity contribution in [1.82, 2.24) is 9.80 Å². The Hall–Kier alpha value is -3.43. The molecule has 3 rings (SSSR count). The van der Waals surface area contributed by atoms with Gasteiger partial charge in [0.15, 0.2) is 11.5 Å². The van der Waals surface area contributed by atoms with Gasteiger partial charge in [0.25, 0.3) is 11.7 Å². The number of likely N-dealkylation sites (tertiary alicyclic amines) is 1. The highest BCUT2D eigenvalue weighted by Gasteiger charge is 2.46. The molecule has 1 aliphatic rings. The lowest BCUT2D eigenvalue weighted by Crippen LogP contribution is -2.35. The number of ketones is 1. The van der Waals surface area contributed by atoms with E-state index in [9.17, 15) is 14.7 Å². The SMILES string of the molecule is CCOc1ccc(C2/C(=C(\O)c3cc(OC)c(Cl)cc3OC)C(=O)C(=O)N2CCN(C)C)cc1OCC. The second-order valence-electron chi connectivity index (χ2n) is 8.56. The van der Waals surface area contributed by atoms with Crippen molar-refractivity contribution in [3.63, 3.8) is 0 Å². The zero-order chi connectivity index (χ0) is 27.3.